The SMILES string of the molecule is C=CCCCOC(=O)[C@H]1[C@H]2C(=O)N([C@@H](CC)CO)C(C(=O)N(CC=C)CCN3CCOCC3)C23CC[C@]1(C)S3. The van der Waals surface area contributed by atoms with E-state index >= 15 is 0 Å². The molecule has 6 atom stereocenters. The predicted octanol–water partition coefficient (Wildman–Crippen LogP) is 2.09. The topological polar surface area (TPSA) is 99.6 Å². The van der Waals surface area contributed by atoms with Crippen molar-refractivity contribution in [2.24, 2.45) is 11.8 Å². The lowest BCUT2D eigenvalue weighted by atomic mass is 9.66. The zero-order valence-corrected chi connectivity index (χ0v) is 24.3. The number of rotatable bonds is 14. The minimum atomic E-state index is -0.748. The van der Waals surface area contributed by atoms with Crippen molar-refractivity contribution in [2.45, 2.75) is 67.5 Å². The summed E-state index contributed by atoms with van der Waals surface area (Å²) in [6.45, 7) is 16.2. The summed E-state index contributed by atoms with van der Waals surface area (Å²) in [6.07, 6.45) is 6.87. The number of unbranched alkanes of at least 4 members (excludes halogenated alkanes) is 1. The monoisotopic (exact) mass is 563 g/mol. The molecule has 9 nitrogen and oxygen atoms in total. The highest BCUT2D eigenvalue weighted by molar-refractivity contribution is 8.02. The Morgan fingerprint density at radius 2 is 2.03 bits per heavy atom. The van der Waals surface area contributed by atoms with Crippen LogP contribution in [0.4, 0.5) is 0 Å². The maximum atomic E-state index is 14.5. The Morgan fingerprint density at radius 1 is 1.28 bits per heavy atom. The fraction of sp³-hybridized carbons (Fsp3) is 0.759. The number of fused-ring (bicyclic) bond motifs is 1. The third kappa shape index (κ3) is 5.54. The zero-order valence-electron chi connectivity index (χ0n) is 23.5. The van der Waals surface area contributed by atoms with E-state index < -0.39 is 33.4 Å². The fourth-order valence-electron chi connectivity index (χ4n) is 7.01. The number of hydrogen-bond donors (Lipinski definition) is 1. The molecule has 0 aromatic rings. The van der Waals surface area contributed by atoms with E-state index in [0.29, 0.717) is 52.1 Å². The molecule has 0 aliphatic carbocycles. The maximum absolute atomic E-state index is 14.5. The van der Waals surface area contributed by atoms with Crippen LogP contribution in [0.3, 0.4) is 0 Å². The van der Waals surface area contributed by atoms with E-state index in [4.69, 9.17) is 9.47 Å². The molecule has 4 aliphatic heterocycles. The molecule has 4 aliphatic rings. The van der Waals surface area contributed by atoms with Gasteiger partial charge in [-0.05, 0) is 39.0 Å². The number of esters is 1. The number of ether oxygens (including phenoxy) is 2. The maximum Gasteiger partial charge on any atom is 0.311 e. The molecule has 4 saturated heterocycles. The Bertz CT molecular complexity index is 938. The number of morpholine rings is 1. The van der Waals surface area contributed by atoms with E-state index in [1.165, 1.54) is 0 Å². The Hall–Kier alpha value is -1.88. The molecule has 0 radical (unpaired) electrons. The Morgan fingerprint density at radius 3 is 2.67 bits per heavy atom. The summed E-state index contributed by atoms with van der Waals surface area (Å²) < 4.78 is 9.95. The van der Waals surface area contributed by atoms with Gasteiger partial charge in [0.15, 0.2) is 0 Å². The van der Waals surface area contributed by atoms with Crippen LogP contribution < -0.4 is 0 Å². The van der Waals surface area contributed by atoms with Gasteiger partial charge in [-0.1, -0.05) is 19.1 Å². The lowest BCUT2D eigenvalue weighted by Gasteiger charge is -2.40. The van der Waals surface area contributed by atoms with Crippen LogP contribution >= 0.6 is 11.8 Å². The van der Waals surface area contributed by atoms with Crippen LogP contribution in [0, 0.1) is 11.8 Å². The molecule has 4 fully saturated rings. The number of allylic oxidation sites excluding steroid dienone is 1. The van der Waals surface area contributed by atoms with Crippen LogP contribution in [0.1, 0.15) is 46.0 Å². The number of hydrogen-bond acceptors (Lipinski definition) is 8. The molecular formula is C29H45N3O6S. The summed E-state index contributed by atoms with van der Waals surface area (Å²) in [5.41, 5.74) is 0. The molecule has 4 rings (SSSR count). The molecule has 2 bridgehead atoms. The number of carbonyl (C=O) groups excluding carboxylic acids is 3. The molecule has 2 unspecified atom stereocenters. The first-order chi connectivity index (χ1) is 18.8. The third-order valence-corrected chi connectivity index (χ3v) is 11.0. The number of likely N-dealkylation sites (tertiary alicyclic amines) is 1. The van der Waals surface area contributed by atoms with E-state index in [1.807, 2.05) is 13.8 Å². The van der Waals surface area contributed by atoms with E-state index in [9.17, 15) is 19.5 Å². The van der Waals surface area contributed by atoms with Crippen molar-refractivity contribution >= 4 is 29.5 Å². The smallest absolute Gasteiger partial charge is 0.311 e. The molecule has 10 heteroatoms. The Labute approximate surface area is 236 Å². The fourth-order valence-corrected chi connectivity index (χ4v) is 9.33. The van der Waals surface area contributed by atoms with Crippen LogP contribution in [0.5, 0.6) is 0 Å². The van der Waals surface area contributed by atoms with Crippen molar-refractivity contribution in [2.75, 3.05) is 59.2 Å². The number of thioether (sulfide) groups is 1. The molecule has 2 amide bonds. The van der Waals surface area contributed by atoms with Gasteiger partial charge in [0.05, 0.1) is 49.1 Å². The van der Waals surface area contributed by atoms with Gasteiger partial charge >= 0.3 is 5.97 Å². The number of nitrogens with zero attached hydrogens (tertiary/aromatic N) is 3. The molecule has 4 heterocycles. The summed E-state index contributed by atoms with van der Waals surface area (Å²) in [5.74, 6) is -1.94. The highest BCUT2D eigenvalue weighted by Gasteiger charge is 2.78. The molecule has 0 saturated carbocycles. The largest absolute Gasteiger partial charge is 0.465 e. The lowest BCUT2D eigenvalue weighted by Crippen LogP contribution is -2.58. The van der Waals surface area contributed by atoms with Crippen LogP contribution in [-0.2, 0) is 23.9 Å². The van der Waals surface area contributed by atoms with E-state index in [1.54, 1.807) is 33.7 Å². The average Bonchev–Trinajstić information content (AvgIpc) is 3.51. The highest BCUT2D eigenvalue weighted by Crippen LogP contribution is 2.71. The van der Waals surface area contributed by atoms with E-state index in [0.717, 1.165) is 25.9 Å². The second-order valence-electron chi connectivity index (χ2n) is 11.3. The normalized spacial score (nSPS) is 32.6. The van der Waals surface area contributed by atoms with Gasteiger partial charge in [0.25, 0.3) is 0 Å². The van der Waals surface area contributed by atoms with Gasteiger partial charge in [-0.25, -0.2) is 0 Å². The Balaban J connectivity index is 1.64. The van der Waals surface area contributed by atoms with E-state index in [2.05, 4.69) is 18.1 Å². The second-order valence-corrected chi connectivity index (χ2v) is 13.2. The zero-order chi connectivity index (χ0) is 28.2. The molecule has 39 heavy (non-hydrogen) atoms. The van der Waals surface area contributed by atoms with Crippen LogP contribution in [0.15, 0.2) is 25.3 Å². The number of amides is 2. The minimum absolute atomic E-state index is 0.123. The quantitative estimate of drug-likeness (QED) is 0.195. The first-order valence-electron chi connectivity index (χ1n) is 14.4. The standard InChI is InChI=1S/C29H45N3O6S/c1-5-8-9-17-38-27(36)23-22-25(34)32(21(7-3)20-33)24(29(22)11-10-28(23,4)39-29)26(35)31(12-6-2)14-13-30-15-18-37-19-16-30/h5-6,21-24,33H,1-2,7-20H2,3-4H3/t21-,22-,23+,24?,28-,29?/m0/s1. The van der Waals surface area contributed by atoms with Crippen molar-refractivity contribution < 1.29 is 29.0 Å². The van der Waals surface area contributed by atoms with Crippen molar-refractivity contribution in [3.63, 3.8) is 0 Å². The molecular weight excluding hydrogens is 518 g/mol. The van der Waals surface area contributed by atoms with Crippen LogP contribution in [0.25, 0.3) is 0 Å². The molecule has 218 valence electrons. The van der Waals surface area contributed by atoms with Gasteiger partial charge < -0.3 is 24.4 Å². The number of carbonyl (C=O) groups is 3. The van der Waals surface area contributed by atoms with Crippen LogP contribution in [-0.4, -0.2) is 118 Å². The summed E-state index contributed by atoms with van der Waals surface area (Å²) >= 11 is 1.63. The summed E-state index contributed by atoms with van der Waals surface area (Å²) in [6, 6.07) is -1.24. The first-order valence-corrected chi connectivity index (χ1v) is 15.2. The van der Waals surface area contributed by atoms with Gasteiger partial charge in [0, 0.05) is 37.5 Å². The summed E-state index contributed by atoms with van der Waals surface area (Å²) in [5, 5.41) is 10.3. The summed E-state index contributed by atoms with van der Waals surface area (Å²) in [4.78, 5) is 47.9. The lowest BCUT2D eigenvalue weighted by molar-refractivity contribution is -0.156. The average molecular weight is 564 g/mol. The van der Waals surface area contributed by atoms with Crippen molar-refractivity contribution in [1.82, 2.24) is 14.7 Å². The second kappa shape index (κ2) is 12.7. The molecule has 0 aromatic heterocycles. The first kappa shape index (κ1) is 30.1. The van der Waals surface area contributed by atoms with Crippen molar-refractivity contribution in [3.8, 4) is 0 Å². The van der Waals surface area contributed by atoms with Crippen LogP contribution in [0.2, 0.25) is 0 Å². The van der Waals surface area contributed by atoms with Gasteiger partial charge in [-0.15, -0.1) is 24.9 Å². The van der Waals surface area contributed by atoms with Gasteiger partial charge in [-0.3, -0.25) is 19.3 Å². The molecule has 1 spiro atoms. The number of aliphatic hydroxyl groups is 1. The van der Waals surface area contributed by atoms with E-state index in [-0.39, 0.29) is 31.0 Å². The van der Waals surface area contributed by atoms with Gasteiger partial charge in [-0.2, -0.15) is 0 Å². The predicted molar refractivity (Wildman–Crippen MR) is 151 cm³/mol. The third-order valence-electron chi connectivity index (χ3n) is 9.03. The van der Waals surface area contributed by atoms with Gasteiger partial charge in [0.1, 0.15) is 6.04 Å². The minimum Gasteiger partial charge on any atom is -0.465 e. The Kier molecular flexibility index (Phi) is 9.83. The number of aliphatic hydroxyl groups excluding tert-OH is 1. The molecule has 1 N–H and O–H groups in total. The van der Waals surface area contributed by atoms with Crippen molar-refractivity contribution in [1.29, 1.82) is 0 Å². The summed E-state index contributed by atoms with van der Waals surface area (Å²) in [7, 11) is 0. The molecule has 0 aromatic carbocycles. The van der Waals surface area contributed by atoms with Crippen molar-refractivity contribution in [3.05, 3.63) is 25.3 Å². The van der Waals surface area contributed by atoms with Gasteiger partial charge in [0.2, 0.25) is 11.8 Å². The highest BCUT2D eigenvalue weighted by atomic mass is 32.2.